The first-order valence-corrected chi connectivity index (χ1v) is 5.03. The third-order valence-electron chi connectivity index (χ3n) is 0.691. The third-order valence-corrected chi connectivity index (χ3v) is 1.50. The lowest BCUT2D eigenvalue weighted by Gasteiger charge is -1.97. The Kier molecular flexibility index (Phi) is 9.21. The first-order chi connectivity index (χ1) is 4.41. The minimum Gasteiger partial charge on any atom is -0.315 e. The van der Waals surface area contributed by atoms with Gasteiger partial charge in [0.05, 0.1) is 13.2 Å². The lowest BCUT2D eigenvalue weighted by Crippen LogP contribution is -1.92. The quantitative estimate of drug-likeness (QED) is 0.445. The molecule has 0 spiro atoms. The fourth-order valence-electron chi connectivity index (χ4n) is 0.343. The maximum Gasteiger partial charge on any atom is 0.0636 e. The predicted molar refractivity (Wildman–Crippen MR) is 43.6 cm³/mol. The second kappa shape index (κ2) is 8.62. The van der Waals surface area contributed by atoms with Crippen LogP contribution in [0, 0.1) is 0 Å². The molecule has 0 bridgehead atoms. The van der Waals surface area contributed by atoms with Crippen molar-refractivity contribution in [3.63, 3.8) is 0 Å². The zero-order chi connectivity index (χ0) is 6.95. The first kappa shape index (κ1) is 9.62. The van der Waals surface area contributed by atoms with Gasteiger partial charge >= 0.3 is 0 Å². The fraction of sp³-hybridized carbons (Fsp3) is 1.00. The lowest BCUT2D eigenvalue weighted by molar-refractivity contribution is 0.296. The van der Waals surface area contributed by atoms with Gasteiger partial charge in [0.1, 0.15) is 0 Å². The van der Waals surface area contributed by atoms with Crippen LogP contribution in [0.15, 0.2) is 0 Å². The molecule has 4 heteroatoms. The monoisotopic (exact) mass is 168 g/mol. The molecule has 0 aliphatic carbocycles. The highest BCUT2D eigenvalue weighted by Crippen LogP contribution is 1.99. The number of hydrogen-bond acceptors (Lipinski definition) is 4. The Bertz CT molecular complexity index is 46.2. The predicted octanol–water partition coefficient (Wildman–Crippen LogP) is 1.97. The van der Waals surface area contributed by atoms with Gasteiger partial charge in [0, 0.05) is 12.5 Å². The Labute approximate surface area is 65.1 Å². The van der Waals surface area contributed by atoms with E-state index in [1.807, 2.05) is 12.5 Å². The van der Waals surface area contributed by atoms with Crippen LogP contribution in [-0.2, 0) is 8.37 Å². The lowest BCUT2D eigenvalue weighted by atomic mass is 10.5. The summed E-state index contributed by atoms with van der Waals surface area (Å²) >= 11 is 2.79. The van der Waals surface area contributed by atoms with Gasteiger partial charge in [0.15, 0.2) is 0 Å². The Hall–Kier alpha value is 0.620. The molecule has 0 aromatic rings. The van der Waals surface area contributed by atoms with Crippen LogP contribution >= 0.6 is 24.1 Å². The van der Waals surface area contributed by atoms with Crippen molar-refractivity contribution in [2.75, 3.05) is 25.7 Å². The Balaban J connectivity index is 2.60. The highest BCUT2D eigenvalue weighted by Gasteiger charge is 1.86. The molecule has 0 unspecified atom stereocenters. The van der Waals surface area contributed by atoms with Gasteiger partial charge in [-0.15, -0.1) is 0 Å². The van der Waals surface area contributed by atoms with E-state index in [0.29, 0.717) is 0 Å². The van der Waals surface area contributed by atoms with Crippen LogP contribution in [0.2, 0.25) is 0 Å². The van der Waals surface area contributed by atoms with Gasteiger partial charge in [-0.1, -0.05) is 0 Å². The van der Waals surface area contributed by atoms with E-state index >= 15 is 0 Å². The summed E-state index contributed by atoms with van der Waals surface area (Å²) in [6.45, 7) is 1.56. The Morgan fingerprint density at radius 1 is 1.00 bits per heavy atom. The molecule has 0 radical (unpaired) electrons. The molecule has 0 atom stereocenters. The highest BCUT2D eigenvalue weighted by atomic mass is 32.2. The topological polar surface area (TPSA) is 18.5 Å². The minimum absolute atomic E-state index is 0.779. The summed E-state index contributed by atoms with van der Waals surface area (Å²) in [4.78, 5) is 0. The molecule has 0 amide bonds. The van der Waals surface area contributed by atoms with Gasteiger partial charge in [-0.2, -0.15) is 0 Å². The second-order valence-electron chi connectivity index (χ2n) is 1.33. The standard InChI is InChI=1S/C5H12O2S2/c1-8-6-4-3-5-7-9-2/h3-5H2,1-2H3. The van der Waals surface area contributed by atoms with E-state index in [0.717, 1.165) is 19.6 Å². The molecule has 2 nitrogen and oxygen atoms in total. The van der Waals surface area contributed by atoms with Crippen molar-refractivity contribution in [2.24, 2.45) is 0 Å². The molecule has 9 heavy (non-hydrogen) atoms. The maximum atomic E-state index is 5.01. The van der Waals surface area contributed by atoms with Crippen molar-refractivity contribution >= 4 is 24.1 Å². The normalized spacial score (nSPS) is 10.0. The zero-order valence-electron chi connectivity index (χ0n) is 5.75. The SMILES string of the molecule is CSOCCCOSC. The van der Waals surface area contributed by atoms with Crippen LogP contribution in [0.5, 0.6) is 0 Å². The van der Waals surface area contributed by atoms with E-state index in [4.69, 9.17) is 8.37 Å². The molecule has 0 saturated heterocycles. The van der Waals surface area contributed by atoms with Gasteiger partial charge in [-0.25, -0.2) is 0 Å². The maximum absolute atomic E-state index is 5.01. The van der Waals surface area contributed by atoms with Crippen molar-refractivity contribution in [3.8, 4) is 0 Å². The van der Waals surface area contributed by atoms with E-state index in [2.05, 4.69) is 0 Å². The van der Waals surface area contributed by atoms with Crippen molar-refractivity contribution < 1.29 is 8.37 Å². The van der Waals surface area contributed by atoms with Crippen LogP contribution in [0.4, 0.5) is 0 Å². The summed E-state index contributed by atoms with van der Waals surface area (Å²) in [6.07, 6.45) is 4.80. The van der Waals surface area contributed by atoms with Gasteiger partial charge < -0.3 is 8.37 Å². The van der Waals surface area contributed by atoms with Crippen molar-refractivity contribution in [1.29, 1.82) is 0 Å². The molecule has 0 N–H and O–H groups in total. The van der Waals surface area contributed by atoms with Crippen LogP contribution in [0.1, 0.15) is 6.42 Å². The molecular formula is C5H12O2S2. The number of rotatable bonds is 6. The van der Waals surface area contributed by atoms with Crippen molar-refractivity contribution in [1.82, 2.24) is 0 Å². The summed E-state index contributed by atoms with van der Waals surface area (Å²) in [5.74, 6) is 0. The largest absolute Gasteiger partial charge is 0.315 e. The van der Waals surface area contributed by atoms with E-state index in [1.165, 1.54) is 24.1 Å². The molecule has 0 saturated carbocycles. The Morgan fingerprint density at radius 2 is 1.44 bits per heavy atom. The molecule has 0 heterocycles. The molecule has 56 valence electrons. The van der Waals surface area contributed by atoms with E-state index in [1.54, 1.807) is 0 Å². The van der Waals surface area contributed by atoms with Gasteiger partial charge in [-0.05, 0) is 30.5 Å². The van der Waals surface area contributed by atoms with Gasteiger partial charge in [-0.3, -0.25) is 0 Å². The summed E-state index contributed by atoms with van der Waals surface area (Å²) in [5.41, 5.74) is 0. The summed E-state index contributed by atoms with van der Waals surface area (Å²) in [6, 6.07) is 0. The Morgan fingerprint density at radius 3 is 1.78 bits per heavy atom. The molecule has 0 rings (SSSR count). The molecule has 0 aliphatic rings. The van der Waals surface area contributed by atoms with Crippen molar-refractivity contribution in [3.05, 3.63) is 0 Å². The smallest absolute Gasteiger partial charge is 0.0636 e. The van der Waals surface area contributed by atoms with Crippen LogP contribution < -0.4 is 0 Å². The molecular weight excluding hydrogens is 156 g/mol. The zero-order valence-corrected chi connectivity index (χ0v) is 7.39. The van der Waals surface area contributed by atoms with Crippen LogP contribution in [0.25, 0.3) is 0 Å². The van der Waals surface area contributed by atoms with E-state index < -0.39 is 0 Å². The van der Waals surface area contributed by atoms with Crippen LogP contribution in [0.3, 0.4) is 0 Å². The van der Waals surface area contributed by atoms with Crippen molar-refractivity contribution in [2.45, 2.75) is 6.42 Å². The first-order valence-electron chi connectivity index (χ1n) is 2.73. The molecule has 0 fully saturated rings. The van der Waals surface area contributed by atoms with Gasteiger partial charge in [0.25, 0.3) is 0 Å². The summed E-state index contributed by atoms with van der Waals surface area (Å²) in [5, 5.41) is 0. The van der Waals surface area contributed by atoms with Crippen LogP contribution in [-0.4, -0.2) is 25.7 Å². The minimum atomic E-state index is 0.779. The molecule has 0 aromatic carbocycles. The second-order valence-corrected chi connectivity index (χ2v) is 2.47. The summed E-state index contributed by atoms with van der Waals surface area (Å²) in [7, 11) is 0. The third kappa shape index (κ3) is 8.62. The molecule has 0 aliphatic heterocycles. The van der Waals surface area contributed by atoms with Gasteiger partial charge in [0.2, 0.25) is 0 Å². The fourth-order valence-corrected chi connectivity index (χ4v) is 0.912. The van der Waals surface area contributed by atoms with E-state index in [9.17, 15) is 0 Å². The average molecular weight is 168 g/mol. The molecule has 0 aromatic heterocycles. The van der Waals surface area contributed by atoms with E-state index in [-0.39, 0.29) is 0 Å². The summed E-state index contributed by atoms with van der Waals surface area (Å²) < 4.78 is 10.0. The highest BCUT2D eigenvalue weighted by molar-refractivity contribution is 7.94. The average Bonchev–Trinajstić information content (AvgIpc) is 1.89. The number of hydrogen-bond donors (Lipinski definition) is 0.